The third-order valence-corrected chi connectivity index (χ3v) is 2.30. The van der Waals surface area contributed by atoms with E-state index in [0.29, 0.717) is 5.56 Å². The van der Waals surface area contributed by atoms with E-state index in [0.717, 1.165) is 5.56 Å². The number of aliphatic hydroxyl groups excluding tert-OH is 1. The van der Waals surface area contributed by atoms with Gasteiger partial charge in [-0.2, -0.15) is 0 Å². The van der Waals surface area contributed by atoms with Gasteiger partial charge in [0, 0.05) is 18.0 Å². The number of ether oxygens (including phenoxy) is 1. The predicted molar refractivity (Wildman–Crippen MR) is 58.5 cm³/mol. The first-order valence-electron chi connectivity index (χ1n) is 5.08. The second kappa shape index (κ2) is 5.58. The molecule has 0 saturated carbocycles. The van der Waals surface area contributed by atoms with Crippen molar-refractivity contribution in [1.29, 1.82) is 0 Å². The molecular formula is C11H16N2O3. The van der Waals surface area contributed by atoms with Crippen LogP contribution < -0.4 is 5.73 Å². The summed E-state index contributed by atoms with van der Waals surface area (Å²) in [6.07, 6.45) is 2.02. The summed E-state index contributed by atoms with van der Waals surface area (Å²) in [6.45, 7) is 3.75. The molecule has 0 saturated heterocycles. The number of pyridine rings is 1. The zero-order chi connectivity index (χ0) is 12.1. The van der Waals surface area contributed by atoms with E-state index < -0.39 is 18.1 Å². The number of aromatic nitrogens is 1. The lowest BCUT2D eigenvalue weighted by Crippen LogP contribution is -2.38. The molecule has 1 aromatic heterocycles. The van der Waals surface area contributed by atoms with E-state index in [-0.39, 0.29) is 6.61 Å². The van der Waals surface area contributed by atoms with Gasteiger partial charge in [-0.15, -0.1) is 0 Å². The highest BCUT2D eigenvalue weighted by Crippen LogP contribution is 2.19. The van der Waals surface area contributed by atoms with Crippen LogP contribution in [0.5, 0.6) is 0 Å². The zero-order valence-electron chi connectivity index (χ0n) is 9.38. The molecule has 88 valence electrons. The second-order valence-corrected chi connectivity index (χ2v) is 3.45. The molecular weight excluding hydrogens is 208 g/mol. The Morgan fingerprint density at radius 2 is 2.38 bits per heavy atom. The van der Waals surface area contributed by atoms with Crippen molar-refractivity contribution in [3.8, 4) is 0 Å². The monoisotopic (exact) mass is 224 g/mol. The Bertz CT molecular complexity index is 368. The van der Waals surface area contributed by atoms with E-state index in [2.05, 4.69) is 4.98 Å². The molecule has 3 N–H and O–H groups in total. The molecule has 2 atom stereocenters. The van der Waals surface area contributed by atoms with E-state index in [1.807, 2.05) is 6.92 Å². The predicted octanol–water partition coefficient (Wildman–Crippen LogP) is 0.314. The summed E-state index contributed by atoms with van der Waals surface area (Å²) in [5.74, 6) is -0.613. The molecule has 0 fully saturated rings. The van der Waals surface area contributed by atoms with E-state index in [1.54, 1.807) is 19.2 Å². The van der Waals surface area contributed by atoms with Crippen molar-refractivity contribution in [1.82, 2.24) is 4.98 Å². The Kier molecular flexibility index (Phi) is 4.39. The van der Waals surface area contributed by atoms with Gasteiger partial charge in [-0.1, -0.05) is 0 Å². The molecule has 0 amide bonds. The SMILES string of the molecule is CCOC(=O)[C@H](N)[C@H](O)c1cnccc1C. The van der Waals surface area contributed by atoms with Gasteiger partial charge >= 0.3 is 5.97 Å². The summed E-state index contributed by atoms with van der Waals surface area (Å²) in [7, 11) is 0. The average molecular weight is 224 g/mol. The quantitative estimate of drug-likeness (QED) is 0.719. The number of hydrogen-bond acceptors (Lipinski definition) is 5. The average Bonchev–Trinajstić information content (AvgIpc) is 2.28. The minimum atomic E-state index is -1.09. The van der Waals surface area contributed by atoms with Gasteiger partial charge in [-0.05, 0) is 25.5 Å². The molecule has 1 aromatic rings. The van der Waals surface area contributed by atoms with Crippen LogP contribution in [0.3, 0.4) is 0 Å². The first-order valence-corrected chi connectivity index (χ1v) is 5.08. The van der Waals surface area contributed by atoms with Crippen LogP contribution in [0.4, 0.5) is 0 Å². The molecule has 0 spiro atoms. The summed E-state index contributed by atoms with van der Waals surface area (Å²) in [4.78, 5) is 15.2. The molecule has 0 aliphatic rings. The lowest BCUT2D eigenvalue weighted by atomic mass is 10.0. The van der Waals surface area contributed by atoms with Crippen molar-refractivity contribution < 1.29 is 14.6 Å². The number of esters is 1. The fourth-order valence-corrected chi connectivity index (χ4v) is 1.35. The number of nitrogens with two attached hydrogens (primary N) is 1. The number of rotatable bonds is 4. The molecule has 0 aromatic carbocycles. The summed E-state index contributed by atoms with van der Waals surface area (Å²) < 4.78 is 4.74. The van der Waals surface area contributed by atoms with Crippen LogP contribution in [0.1, 0.15) is 24.2 Å². The second-order valence-electron chi connectivity index (χ2n) is 3.45. The molecule has 0 unspecified atom stereocenters. The maximum absolute atomic E-state index is 11.3. The van der Waals surface area contributed by atoms with Gasteiger partial charge in [-0.3, -0.25) is 9.78 Å². The van der Waals surface area contributed by atoms with Crippen LogP contribution >= 0.6 is 0 Å². The Morgan fingerprint density at radius 1 is 1.69 bits per heavy atom. The van der Waals surface area contributed by atoms with Gasteiger partial charge in [0.25, 0.3) is 0 Å². The number of aliphatic hydroxyl groups is 1. The lowest BCUT2D eigenvalue weighted by Gasteiger charge is -2.18. The maximum atomic E-state index is 11.3. The molecule has 0 bridgehead atoms. The fraction of sp³-hybridized carbons (Fsp3) is 0.455. The molecule has 0 aliphatic heterocycles. The normalized spacial score (nSPS) is 14.2. The first kappa shape index (κ1) is 12.6. The number of aryl methyl sites for hydroxylation is 1. The molecule has 5 heteroatoms. The van der Waals surface area contributed by atoms with Gasteiger partial charge < -0.3 is 15.6 Å². The molecule has 1 rings (SSSR count). The van der Waals surface area contributed by atoms with Gasteiger partial charge in [0.1, 0.15) is 12.1 Å². The number of hydrogen-bond donors (Lipinski definition) is 2. The van der Waals surface area contributed by atoms with Crippen molar-refractivity contribution in [3.05, 3.63) is 29.6 Å². The van der Waals surface area contributed by atoms with Crippen LogP contribution in [0.2, 0.25) is 0 Å². The van der Waals surface area contributed by atoms with Crippen LogP contribution in [-0.2, 0) is 9.53 Å². The van der Waals surface area contributed by atoms with E-state index in [9.17, 15) is 9.90 Å². The van der Waals surface area contributed by atoms with Crippen molar-refractivity contribution in [2.45, 2.75) is 26.0 Å². The van der Waals surface area contributed by atoms with Crippen LogP contribution in [0.25, 0.3) is 0 Å². The van der Waals surface area contributed by atoms with Crippen molar-refractivity contribution in [2.24, 2.45) is 5.73 Å². The van der Waals surface area contributed by atoms with Crippen LogP contribution in [-0.4, -0.2) is 28.7 Å². The number of carbonyl (C=O) groups is 1. The van der Waals surface area contributed by atoms with Gasteiger partial charge in [0.2, 0.25) is 0 Å². The highest BCUT2D eigenvalue weighted by molar-refractivity contribution is 5.76. The highest BCUT2D eigenvalue weighted by Gasteiger charge is 2.26. The summed E-state index contributed by atoms with van der Waals surface area (Å²) >= 11 is 0. The number of nitrogens with zero attached hydrogens (tertiary/aromatic N) is 1. The Hall–Kier alpha value is -1.46. The number of carbonyl (C=O) groups excluding carboxylic acids is 1. The van der Waals surface area contributed by atoms with Crippen LogP contribution in [0.15, 0.2) is 18.5 Å². The smallest absolute Gasteiger partial charge is 0.325 e. The highest BCUT2D eigenvalue weighted by atomic mass is 16.5. The molecule has 16 heavy (non-hydrogen) atoms. The standard InChI is InChI=1S/C11H16N2O3/c1-3-16-11(15)9(12)10(14)8-6-13-5-4-7(8)2/h4-6,9-10,14H,3,12H2,1-2H3/t9-,10-/m1/s1. The summed E-state index contributed by atoms with van der Waals surface area (Å²) in [5, 5.41) is 9.90. The van der Waals surface area contributed by atoms with Gasteiger partial charge in [0.05, 0.1) is 6.61 Å². The first-order chi connectivity index (χ1) is 7.57. The topological polar surface area (TPSA) is 85.4 Å². The minimum Gasteiger partial charge on any atom is -0.465 e. The lowest BCUT2D eigenvalue weighted by molar-refractivity contribution is -0.147. The van der Waals surface area contributed by atoms with E-state index in [4.69, 9.17) is 10.5 Å². The van der Waals surface area contributed by atoms with Crippen molar-refractivity contribution in [3.63, 3.8) is 0 Å². The van der Waals surface area contributed by atoms with E-state index >= 15 is 0 Å². The molecule has 5 nitrogen and oxygen atoms in total. The third-order valence-electron chi connectivity index (χ3n) is 2.30. The Morgan fingerprint density at radius 3 is 2.94 bits per heavy atom. The Balaban J connectivity index is 2.82. The summed E-state index contributed by atoms with van der Waals surface area (Å²) in [5.41, 5.74) is 6.98. The third kappa shape index (κ3) is 2.77. The molecule has 0 radical (unpaired) electrons. The fourth-order valence-electron chi connectivity index (χ4n) is 1.35. The largest absolute Gasteiger partial charge is 0.465 e. The summed E-state index contributed by atoms with van der Waals surface area (Å²) in [6, 6.07) is 0.666. The van der Waals surface area contributed by atoms with Gasteiger partial charge in [-0.25, -0.2) is 0 Å². The van der Waals surface area contributed by atoms with Gasteiger partial charge in [0.15, 0.2) is 0 Å². The maximum Gasteiger partial charge on any atom is 0.325 e. The van der Waals surface area contributed by atoms with E-state index in [1.165, 1.54) is 6.20 Å². The molecule has 1 heterocycles. The molecule has 0 aliphatic carbocycles. The van der Waals surface area contributed by atoms with Crippen LogP contribution in [0, 0.1) is 6.92 Å². The van der Waals surface area contributed by atoms with Crippen molar-refractivity contribution >= 4 is 5.97 Å². The zero-order valence-corrected chi connectivity index (χ0v) is 9.38. The minimum absolute atomic E-state index is 0.241. The van der Waals surface area contributed by atoms with Crippen molar-refractivity contribution in [2.75, 3.05) is 6.61 Å². The Labute approximate surface area is 94.2 Å².